The molecule has 1 aliphatic rings. The highest BCUT2D eigenvalue weighted by atomic mass is 35.5. The maximum absolute atomic E-state index is 11.7. The van der Waals surface area contributed by atoms with Gasteiger partial charge in [-0.2, -0.15) is 13.2 Å². The van der Waals surface area contributed by atoms with Crippen molar-refractivity contribution in [3.8, 4) is 0 Å². The van der Waals surface area contributed by atoms with Crippen molar-refractivity contribution in [1.82, 2.24) is 10.6 Å². The van der Waals surface area contributed by atoms with E-state index in [1.165, 1.54) is 0 Å². The highest BCUT2D eigenvalue weighted by Gasteiger charge is 2.30. The van der Waals surface area contributed by atoms with E-state index in [1.54, 1.807) is 0 Å². The molecule has 1 rings (SSSR count). The molecule has 1 amide bonds. The van der Waals surface area contributed by atoms with E-state index in [9.17, 15) is 18.0 Å². The van der Waals surface area contributed by atoms with E-state index in [0.29, 0.717) is 19.5 Å². The molecule has 0 bridgehead atoms. The van der Waals surface area contributed by atoms with Crippen LogP contribution in [-0.2, 0) is 4.79 Å². The van der Waals surface area contributed by atoms with Crippen LogP contribution in [0.4, 0.5) is 13.2 Å². The Morgan fingerprint density at radius 2 is 2.14 bits per heavy atom. The molecule has 1 aliphatic heterocycles. The second-order valence-corrected chi connectivity index (χ2v) is 3.02. The molecule has 84 valence electrons. The number of amides is 1. The molecule has 0 aromatic rings. The Morgan fingerprint density at radius 3 is 2.57 bits per heavy atom. The lowest BCUT2D eigenvalue weighted by molar-refractivity contribution is -0.140. The zero-order valence-electron chi connectivity index (χ0n) is 7.36. The van der Waals surface area contributed by atoms with Gasteiger partial charge in [0.25, 0.3) is 0 Å². The lowest BCUT2D eigenvalue weighted by atomic mass is 10.1. The minimum atomic E-state index is -4.32. The van der Waals surface area contributed by atoms with Gasteiger partial charge in [0, 0.05) is 6.54 Å². The Morgan fingerprint density at radius 1 is 1.50 bits per heavy atom. The van der Waals surface area contributed by atoms with Crippen molar-refractivity contribution in [2.45, 2.75) is 12.6 Å². The Balaban J connectivity index is 0.00000169. The second-order valence-electron chi connectivity index (χ2n) is 3.02. The van der Waals surface area contributed by atoms with E-state index in [1.807, 2.05) is 5.32 Å². The van der Waals surface area contributed by atoms with Gasteiger partial charge in [-0.05, 0) is 13.0 Å². The van der Waals surface area contributed by atoms with Crippen LogP contribution in [0.25, 0.3) is 0 Å². The smallest absolute Gasteiger partial charge is 0.347 e. The lowest BCUT2D eigenvalue weighted by Gasteiger charge is -2.11. The molecule has 1 saturated heterocycles. The van der Waals surface area contributed by atoms with Crippen molar-refractivity contribution in [2.24, 2.45) is 5.92 Å². The van der Waals surface area contributed by atoms with Crippen LogP contribution in [0, 0.1) is 5.92 Å². The number of nitrogens with one attached hydrogen (secondary N) is 2. The van der Waals surface area contributed by atoms with Crippen LogP contribution in [0.1, 0.15) is 6.42 Å². The minimum absolute atomic E-state index is 0. The second kappa shape index (κ2) is 5.41. The lowest BCUT2D eigenvalue weighted by Crippen LogP contribution is -2.38. The summed E-state index contributed by atoms with van der Waals surface area (Å²) in [6.07, 6.45) is -3.70. The Kier molecular flexibility index (Phi) is 5.22. The summed E-state index contributed by atoms with van der Waals surface area (Å²) in [5.74, 6) is -0.815. The van der Waals surface area contributed by atoms with E-state index in [2.05, 4.69) is 5.32 Å². The molecule has 1 atom stereocenters. The number of hydrogen-bond acceptors (Lipinski definition) is 2. The van der Waals surface area contributed by atoms with Crippen molar-refractivity contribution in [3.05, 3.63) is 0 Å². The Bertz CT molecular complexity index is 192. The number of carbonyl (C=O) groups excluding carboxylic acids is 1. The summed E-state index contributed by atoms with van der Waals surface area (Å²) in [7, 11) is 0. The fraction of sp³-hybridized carbons (Fsp3) is 0.857. The van der Waals surface area contributed by atoms with Crippen LogP contribution in [0.15, 0.2) is 0 Å². The molecule has 0 aromatic heterocycles. The first kappa shape index (κ1) is 13.5. The van der Waals surface area contributed by atoms with Gasteiger partial charge in [0.05, 0.1) is 5.92 Å². The van der Waals surface area contributed by atoms with E-state index in [-0.39, 0.29) is 18.3 Å². The van der Waals surface area contributed by atoms with E-state index >= 15 is 0 Å². The van der Waals surface area contributed by atoms with Crippen LogP contribution in [-0.4, -0.2) is 31.7 Å². The van der Waals surface area contributed by atoms with E-state index in [0.717, 1.165) is 0 Å². The van der Waals surface area contributed by atoms with Gasteiger partial charge < -0.3 is 10.6 Å². The van der Waals surface area contributed by atoms with Gasteiger partial charge in [-0.15, -0.1) is 12.4 Å². The first-order valence-electron chi connectivity index (χ1n) is 4.04. The number of halogens is 4. The van der Waals surface area contributed by atoms with Gasteiger partial charge >= 0.3 is 6.18 Å². The Labute approximate surface area is 85.8 Å². The third-order valence-electron chi connectivity index (χ3n) is 1.89. The van der Waals surface area contributed by atoms with Gasteiger partial charge in [0.2, 0.25) is 5.91 Å². The molecular formula is C7H12ClF3N2O. The van der Waals surface area contributed by atoms with Crippen molar-refractivity contribution in [3.63, 3.8) is 0 Å². The van der Waals surface area contributed by atoms with Crippen LogP contribution in [0.3, 0.4) is 0 Å². The minimum Gasteiger partial charge on any atom is -0.347 e. The van der Waals surface area contributed by atoms with E-state index < -0.39 is 18.6 Å². The van der Waals surface area contributed by atoms with Crippen molar-refractivity contribution in [2.75, 3.05) is 19.6 Å². The zero-order valence-corrected chi connectivity index (χ0v) is 8.17. The summed E-state index contributed by atoms with van der Waals surface area (Å²) in [4.78, 5) is 11.0. The highest BCUT2D eigenvalue weighted by molar-refractivity contribution is 5.85. The molecule has 0 unspecified atom stereocenters. The van der Waals surface area contributed by atoms with Crippen LogP contribution in [0.5, 0.6) is 0 Å². The summed E-state index contributed by atoms with van der Waals surface area (Å²) >= 11 is 0. The molecule has 0 aliphatic carbocycles. The molecule has 1 fully saturated rings. The average Bonchev–Trinajstić information content (AvgIpc) is 2.50. The molecule has 0 radical (unpaired) electrons. The number of alkyl halides is 3. The van der Waals surface area contributed by atoms with Gasteiger partial charge in [-0.3, -0.25) is 4.79 Å². The van der Waals surface area contributed by atoms with Crippen molar-refractivity contribution in [1.29, 1.82) is 0 Å². The molecule has 14 heavy (non-hydrogen) atoms. The molecule has 7 heteroatoms. The maximum atomic E-state index is 11.7. The highest BCUT2D eigenvalue weighted by Crippen LogP contribution is 2.13. The first-order valence-corrected chi connectivity index (χ1v) is 4.04. The van der Waals surface area contributed by atoms with E-state index in [4.69, 9.17) is 0 Å². The number of carbonyl (C=O) groups is 1. The predicted octanol–water partition coefficient (Wildman–Crippen LogP) is 0.696. The topological polar surface area (TPSA) is 41.1 Å². The molecular weight excluding hydrogens is 221 g/mol. The summed E-state index contributed by atoms with van der Waals surface area (Å²) in [6.45, 7) is -0.0594. The third kappa shape index (κ3) is 4.66. The molecule has 0 spiro atoms. The zero-order chi connectivity index (χ0) is 9.90. The van der Waals surface area contributed by atoms with Crippen LogP contribution in [0.2, 0.25) is 0 Å². The quantitative estimate of drug-likeness (QED) is 0.736. The number of rotatable bonds is 2. The molecule has 0 saturated carbocycles. The van der Waals surface area contributed by atoms with Gasteiger partial charge in [0.15, 0.2) is 0 Å². The third-order valence-corrected chi connectivity index (χ3v) is 1.89. The Hall–Kier alpha value is -0.490. The van der Waals surface area contributed by atoms with Crippen LogP contribution < -0.4 is 10.6 Å². The average molecular weight is 233 g/mol. The molecule has 1 heterocycles. The SMILES string of the molecule is Cl.O=C(NCC(F)(F)F)[C@@H]1CCNC1. The monoisotopic (exact) mass is 232 g/mol. The fourth-order valence-electron chi connectivity index (χ4n) is 1.21. The molecule has 0 aromatic carbocycles. The summed E-state index contributed by atoms with van der Waals surface area (Å²) in [5.41, 5.74) is 0. The van der Waals surface area contributed by atoms with Crippen LogP contribution >= 0.6 is 12.4 Å². The fourth-order valence-corrected chi connectivity index (χ4v) is 1.21. The molecule has 3 nitrogen and oxygen atoms in total. The first-order chi connectivity index (χ1) is 5.99. The molecule has 2 N–H and O–H groups in total. The standard InChI is InChI=1S/C7H11F3N2O.ClH/c8-7(9,10)4-12-6(13)5-1-2-11-3-5;/h5,11H,1-4H2,(H,12,13);1H/t5-;/m1./s1. The van der Waals surface area contributed by atoms with Gasteiger partial charge in [-0.25, -0.2) is 0 Å². The summed E-state index contributed by atoms with van der Waals surface area (Å²) in [5, 5.41) is 4.77. The summed E-state index contributed by atoms with van der Waals surface area (Å²) < 4.78 is 35.0. The number of hydrogen-bond donors (Lipinski definition) is 2. The van der Waals surface area contributed by atoms with Crippen molar-refractivity contribution >= 4 is 18.3 Å². The van der Waals surface area contributed by atoms with Gasteiger partial charge in [0.1, 0.15) is 6.54 Å². The van der Waals surface area contributed by atoms with Crippen molar-refractivity contribution < 1.29 is 18.0 Å². The largest absolute Gasteiger partial charge is 0.405 e. The van der Waals surface area contributed by atoms with Gasteiger partial charge in [-0.1, -0.05) is 0 Å². The predicted molar refractivity (Wildman–Crippen MR) is 47.3 cm³/mol. The summed E-state index contributed by atoms with van der Waals surface area (Å²) in [6, 6.07) is 0. The maximum Gasteiger partial charge on any atom is 0.405 e. The normalized spacial score (nSPS) is 21.5.